The van der Waals surface area contributed by atoms with E-state index in [-0.39, 0.29) is 11.9 Å². The van der Waals surface area contributed by atoms with E-state index < -0.39 is 5.60 Å². The van der Waals surface area contributed by atoms with Gasteiger partial charge in [0.1, 0.15) is 17.6 Å². The summed E-state index contributed by atoms with van der Waals surface area (Å²) in [5, 5.41) is 11.4. The number of nitrogens with zero attached hydrogens (tertiary/aromatic N) is 5. The lowest BCUT2D eigenvalue weighted by molar-refractivity contribution is -0.0828. The van der Waals surface area contributed by atoms with Crippen LogP contribution in [0.4, 0.5) is 4.79 Å². The quantitative estimate of drug-likeness (QED) is 0.807. The molecule has 1 spiro atoms. The maximum absolute atomic E-state index is 12.6. The lowest BCUT2D eigenvalue weighted by Gasteiger charge is -2.33. The highest BCUT2D eigenvalue weighted by Gasteiger charge is 2.45. The van der Waals surface area contributed by atoms with Gasteiger partial charge in [-0.25, -0.2) is 9.48 Å². The topological polar surface area (TPSA) is 106 Å². The summed E-state index contributed by atoms with van der Waals surface area (Å²) in [6.07, 6.45) is 3.70. The van der Waals surface area contributed by atoms with E-state index in [0.29, 0.717) is 57.1 Å². The highest BCUT2D eigenvalue weighted by molar-refractivity contribution is 5.94. The molecule has 10 nitrogen and oxygen atoms in total. The van der Waals surface area contributed by atoms with Gasteiger partial charge in [0.25, 0.3) is 5.91 Å². The molecule has 0 aromatic carbocycles. The lowest BCUT2D eigenvalue weighted by atomic mass is 10.0. The van der Waals surface area contributed by atoms with Crippen LogP contribution >= 0.6 is 0 Å². The molecular weight excluding hydrogens is 376 g/mol. The number of carbonyl (C=O) groups is 2. The number of rotatable bonds is 5. The van der Waals surface area contributed by atoms with E-state index in [2.05, 4.69) is 15.6 Å². The predicted molar refractivity (Wildman–Crippen MR) is 102 cm³/mol. The molecule has 1 N–H and O–H groups in total. The van der Waals surface area contributed by atoms with Crippen molar-refractivity contribution in [3.63, 3.8) is 0 Å². The maximum atomic E-state index is 12.6. The Morgan fingerprint density at radius 1 is 1.31 bits per heavy atom. The minimum absolute atomic E-state index is 0.0524. The van der Waals surface area contributed by atoms with Gasteiger partial charge in [-0.3, -0.25) is 4.79 Å². The van der Waals surface area contributed by atoms with Gasteiger partial charge in [0.15, 0.2) is 0 Å². The molecule has 4 heterocycles. The normalized spacial score (nSPS) is 20.7. The van der Waals surface area contributed by atoms with Crippen molar-refractivity contribution in [2.24, 2.45) is 0 Å². The summed E-state index contributed by atoms with van der Waals surface area (Å²) in [4.78, 5) is 28.2. The number of carbonyl (C=O) groups excluding carboxylic acids is 2. The number of nitrogens with one attached hydrogen (secondary N) is 1. The average Bonchev–Trinajstić information content (AvgIpc) is 3.47. The molecule has 1 fully saturated rings. The van der Waals surface area contributed by atoms with Crippen LogP contribution in [0.5, 0.6) is 0 Å². The fraction of sp³-hybridized carbons (Fsp3) is 0.579. The smallest absolute Gasteiger partial charge is 0.317 e. The Labute approximate surface area is 168 Å². The zero-order chi connectivity index (χ0) is 20.4. The fourth-order valence-electron chi connectivity index (χ4n) is 3.95. The van der Waals surface area contributed by atoms with Crippen molar-refractivity contribution in [1.29, 1.82) is 0 Å². The summed E-state index contributed by atoms with van der Waals surface area (Å²) >= 11 is 0. The van der Waals surface area contributed by atoms with Crippen LogP contribution in [0.3, 0.4) is 0 Å². The summed E-state index contributed by atoms with van der Waals surface area (Å²) in [6, 6.07) is 1.55. The molecule has 1 saturated heterocycles. The third kappa shape index (κ3) is 3.71. The molecule has 10 heteroatoms. The van der Waals surface area contributed by atoms with E-state index in [4.69, 9.17) is 9.15 Å². The Bertz CT molecular complexity index is 875. The first-order valence-corrected chi connectivity index (χ1v) is 9.94. The van der Waals surface area contributed by atoms with Crippen LogP contribution in [0, 0.1) is 0 Å². The molecule has 1 atom stereocenters. The van der Waals surface area contributed by atoms with E-state index in [0.717, 1.165) is 12.1 Å². The summed E-state index contributed by atoms with van der Waals surface area (Å²) in [5.74, 6) is -0.0524. The summed E-state index contributed by atoms with van der Waals surface area (Å²) < 4.78 is 13.1. The number of amides is 3. The second-order valence-electron chi connectivity index (χ2n) is 7.43. The number of hydrogen-bond donors (Lipinski definition) is 1. The van der Waals surface area contributed by atoms with Gasteiger partial charge in [-0.2, -0.15) is 0 Å². The minimum Gasteiger partial charge on any atom is -0.472 e. The van der Waals surface area contributed by atoms with Gasteiger partial charge in [-0.1, -0.05) is 5.21 Å². The largest absolute Gasteiger partial charge is 0.472 e. The van der Waals surface area contributed by atoms with Crippen molar-refractivity contribution in [1.82, 2.24) is 30.1 Å². The molecule has 0 aliphatic carbocycles. The van der Waals surface area contributed by atoms with Gasteiger partial charge in [0, 0.05) is 19.6 Å². The third-order valence-electron chi connectivity index (χ3n) is 5.70. The number of hydrogen-bond acceptors (Lipinski definition) is 6. The van der Waals surface area contributed by atoms with E-state index in [1.165, 1.54) is 12.5 Å². The summed E-state index contributed by atoms with van der Waals surface area (Å²) in [5.41, 5.74) is 1.67. The molecule has 2 aromatic heterocycles. The Hall–Kier alpha value is -2.88. The molecule has 2 aliphatic heterocycles. The van der Waals surface area contributed by atoms with Crippen molar-refractivity contribution in [3.05, 3.63) is 35.5 Å². The highest BCUT2D eigenvalue weighted by atomic mass is 16.5. The average molecular weight is 402 g/mol. The number of aromatic nitrogens is 3. The minimum atomic E-state index is -0.457. The molecule has 0 radical (unpaired) electrons. The van der Waals surface area contributed by atoms with Crippen molar-refractivity contribution in [3.8, 4) is 0 Å². The number of fused-ring (bicyclic) bond motifs is 1. The second-order valence-corrected chi connectivity index (χ2v) is 7.43. The van der Waals surface area contributed by atoms with Gasteiger partial charge in [0.05, 0.1) is 43.8 Å². The van der Waals surface area contributed by atoms with E-state index >= 15 is 0 Å². The molecule has 4 rings (SSSR count). The maximum Gasteiger partial charge on any atom is 0.317 e. The van der Waals surface area contributed by atoms with Crippen molar-refractivity contribution >= 4 is 11.9 Å². The SMILES string of the molecule is CCN(CC)C(=O)NCc1nnn2c1COC1(CCN(C(=O)c3ccoc3)C1)C2. The molecule has 3 amide bonds. The second kappa shape index (κ2) is 7.86. The van der Waals surface area contributed by atoms with E-state index in [1.807, 2.05) is 18.5 Å². The Balaban J connectivity index is 1.39. The van der Waals surface area contributed by atoms with E-state index in [1.54, 1.807) is 15.9 Å². The van der Waals surface area contributed by atoms with Crippen molar-refractivity contribution in [2.75, 3.05) is 26.2 Å². The first kappa shape index (κ1) is 19.4. The van der Waals surface area contributed by atoms with E-state index in [9.17, 15) is 9.59 Å². The van der Waals surface area contributed by atoms with Crippen molar-refractivity contribution < 1.29 is 18.7 Å². The Morgan fingerprint density at radius 2 is 2.14 bits per heavy atom. The van der Waals surface area contributed by atoms with Gasteiger partial charge in [-0.15, -0.1) is 5.10 Å². The van der Waals surface area contributed by atoms with Crippen LogP contribution in [-0.2, 0) is 24.4 Å². The van der Waals surface area contributed by atoms with Crippen LogP contribution in [0.15, 0.2) is 23.0 Å². The van der Waals surface area contributed by atoms with Crippen LogP contribution in [-0.4, -0.2) is 68.5 Å². The third-order valence-corrected chi connectivity index (χ3v) is 5.70. The highest BCUT2D eigenvalue weighted by Crippen LogP contribution is 2.33. The predicted octanol–water partition coefficient (Wildman–Crippen LogP) is 1.24. The number of likely N-dealkylation sites (tertiary alicyclic amines) is 1. The Kier molecular flexibility index (Phi) is 5.27. The molecule has 29 heavy (non-hydrogen) atoms. The first-order chi connectivity index (χ1) is 14.0. The number of furan rings is 1. The van der Waals surface area contributed by atoms with Crippen LogP contribution < -0.4 is 5.32 Å². The van der Waals surface area contributed by atoms with Gasteiger partial charge < -0.3 is 24.3 Å². The van der Waals surface area contributed by atoms with Gasteiger partial charge in [0.2, 0.25) is 0 Å². The van der Waals surface area contributed by atoms with Crippen LogP contribution in [0.25, 0.3) is 0 Å². The molecule has 1 unspecified atom stereocenters. The van der Waals surface area contributed by atoms with Gasteiger partial charge in [-0.05, 0) is 26.3 Å². The fourth-order valence-corrected chi connectivity index (χ4v) is 3.95. The summed E-state index contributed by atoms with van der Waals surface area (Å²) in [6.45, 7) is 7.53. The van der Waals surface area contributed by atoms with Crippen LogP contribution in [0.1, 0.15) is 42.0 Å². The molecule has 0 bridgehead atoms. The zero-order valence-corrected chi connectivity index (χ0v) is 16.8. The molecule has 2 aromatic rings. The van der Waals surface area contributed by atoms with Crippen LogP contribution in [0.2, 0.25) is 0 Å². The Morgan fingerprint density at radius 3 is 2.86 bits per heavy atom. The standard InChI is InChI=1S/C19H26N6O4/c1-3-23(4-2)18(27)20-9-15-16-11-29-19(13-25(16)22-21-15)6-7-24(12-19)17(26)14-5-8-28-10-14/h5,8,10H,3-4,6-7,9,11-13H2,1-2H3,(H,20,27). The molecule has 2 aliphatic rings. The lowest BCUT2D eigenvalue weighted by Crippen LogP contribution is -2.45. The number of urea groups is 1. The molecule has 156 valence electrons. The monoisotopic (exact) mass is 402 g/mol. The van der Waals surface area contributed by atoms with Gasteiger partial charge >= 0.3 is 6.03 Å². The molecular formula is C19H26N6O4. The molecule has 0 saturated carbocycles. The number of ether oxygens (including phenoxy) is 1. The van der Waals surface area contributed by atoms with Crippen molar-refractivity contribution in [2.45, 2.75) is 45.6 Å². The zero-order valence-electron chi connectivity index (χ0n) is 16.8. The first-order valence-electron chi connectivity index (χ1n) is 9.94. The summed E-state index contributed by atoms with van der Waals surface area (Å²) in [7, 11) is 0.